The van der Waals surface area contributed by atoms with Crippen molar-refractivity contribution in [2.45, 2.75) is 19.4 Å². The molecule has 1 atom stereocenters. The average Bonchev–Trinajstić information content (AvgIpc) is 3.22. The van der Waals surface area contributed by atoms with Crippen LogP contribution in [0.5, 0.6) is 5.75 Å². The Kier molecular flexibility index (Phi) is 6.28. The summed E-state index contributed by atoms with van der Waals surface area (Å²) in [5, 5.41) is 5.84. The van der Waals surface area contributed by atoms with Crippen molar-refractivity contribution in [3.05, 3.63) is 41.4 Å². The Morgan fingerprint density at radius 3 is 2.48 bits per heavy atom. The molecule has 1 unspecified atom stereocenters. The Labute approximate surface area is 162 Å². The Morgan fingerprint density at radius 2 is 1.93 bits per heavy atom. The number of piperazine rings is 1. The van der Waals surface area contributed by atoms with Crippen LogP contribution in [0.15, 0.2) is 35.8 Å². The van der Waals surface area contributed by atoms with E-state index < -0.39 is 0 Å². The third kappa shape index (κ3) is 4.97. The van der Waals surface area contributed by atoms with Crippen LogP contribution >= 0.6 is 11.3 Å². The van der Waals surface area contributed by atoms with Gasteiger partial charge in [-0.15, -0.1) is 11.3 Å². The number of thiazole rings is 1. The number of carbonyl (C=O) groups excluding carboxylic acids is 2. The monoisotopic (exact) mass is 388 g/mol. The first kappa shape index (κ1) is 19.2. The molecule has 1 aliphatic heterocycles. The van der Waals surface area contributed by atoms with Gasteiger partial charge in [-0.1, -0.05) is 12.1 Å². The fourth-order valence-electron chi connectivity index (χ4n) is 3.16. The quantitative estimate of drug-likeness (QED) is 0.820. The van der Waals surface area contributed by atoms with Crippen molar-refractivity contribution in [3.63, 3.8) is 0 Å². The largest absolute Gasteiger partial charge is 0.497 e. The van der Waals surface area contributed by atoms with E-state index in [0.29, 0.717) is 13.1 Å². The molecule has 1 fully saturated rings. The summed E-state index contributed by atoms with van der Waals surface area (Å²) in [6.45, 7) is 4.33. The number of amides is 2. The van der Waals surface area contributed by atoms with Gasteiger partial charge >= 0.3 is 0 Å². The smallest absolute Gasteiger partial charge is 0.225 e. The van der Waals surface area contributed by atoms with Gasteiger partial charge in [-0.3, -0.25) is 9.59 Å². The first-order chi connectivity index (χ1) is 13.1. The second-order valence-electron chi connectivity index (χ2n) is 6.41. The molecule has 1 aromatic heterocycles. The minimum absolute atomic E-state index is 0.0448. The molecule has 7 nitrogen and oxygen atoms in total. The number of aromatic nitrogens is 1. The molecular formula is C19H24N4O3S. The van der Waals surface area contributed by atoms with Gasteiger partial charge in [0.05, 0.1) is 19.6 Å². The van der Waals surface area contributed by atoms with Crippen molar-refractivity contribution >= 4 is 28.3 Å². The third-order valence-corrected chi connectivity index (χ3v) is 5.43. The molecule has 0 saturated carbocycles. The summed E-state index contributed by atoms with van der Waals surface area (Å²) < 4.78 is 5.18. The number of nitrogens with one attached hydrogen (secondary N) is 1. The van der Waals surface area contributed by atoms with E-state index in [1.807, 2.05) is 34.5 Å². The van der Waals surface area contributed by atoms with E-state index in [4.69, 9.17) is 4.74 Å². The van der Waals surface area contributed by atoms with Crippen molar-refractivity contribution in [2.24, 2.45) is 0 Å². The molecule has 8 heteroatoms. The zero-order valence-corrected chi connectivity index (χ0v) is 16.4. The summed E-state index contributed by atoms with van der Waals surface area (Å²) in [6, 6.07) is 7.08. The Morgan fingerprint density at radius 1 is 1.22 bits per heavy atom. The lowest BCUT2D eigenvalue weighted by atomic mass is 10.0. The molecule has 1 N–H and O–H groups in total. The lowest BCUT2D eigenvalue weighted by molar-refractivity contribution is -0.132. The predicted molar refractivity (Wildman–Crippen MR) is 105 cm³/mol. The summed E-state index contributed by atoms with van der Waals surface area (Å²) in [5.41, 5.74) is 0.890. The Bertz CT molecular complexity index is 756. The van der Waals surface area contributed by atoms with Crippen LogP contribution in [0.25, 0.3) is 0 Å². The number of nitrogens with zero attached hydrogens (tertiary/aromatic N) is 3. The third-order valence-electron chi connectivity index (χ3n) is 4.60. The highest BCUT2D eigenvalue weighted by Crippen LogP contribution is 2.23. The summed E-state index contributed by atoms with van der Waals surface area (Å²) in [4.78, 5) is 32.8. The van der Waals surface area contributed by atoms with Gasteiger partial charge in [0.2, 0.25) is 11.8 Å². The van der Waals surface area contributed by atoms with Gasteiger partial charge < -0.3 is 19.9 Å². The second kappa shape index (κ2) is 8.85. The normalized spacial score (nSPS) is 15.3. The van der Waals surface area contributed by atoms with Gasteiger partial charge in [0.15, 0.2) is 5.13 Å². The standard InChI is InChI=1S/C19H24N4O3S/c1-14(24)21-17(15-3-5-16(26-2)6-4-15)13-18(25)22-8-10-23(11-9-22)19-20-7-12-27-19/h3-7,12,17H,8-11,13H2,1-2H3,(H,21,24). The van der Waals surface area contributed by atoms with Gasteiger partial charge in [0.1, 0.15) is 5.75 Å². The number of benzene rings is 1. The molecule has 2 heterocycles. The number of carbonyl (C=O) groups is 2. The number of rotatable bonds is 6. The maximum absolute atomic E-state index is 12.8. The number of hydrogen-bond donors (Lipinski definition) is 1. The van der Waals surface area contributed by atoms with Gasteiger partial charge in [0.25, 0.3) is 0 Å². The Hall–Kier alpha value is -2.61. The molecule has 2 aromatic rings. The van der Waals surface area contributed by atoms with Gasteiger partial charge in [-0.05, 0) is 17.7 Å². The van der Waals surface area contributed by atoms with Crippen LogP contribution in [0.2, 0.25) is 0 Å². The fourth-order valence-corrected chi connectivity index (χ4v) is 3.85. The molecule has 0 aliphatic carbocycles. The van der Waals surface area contributed by atoms with Crippen molar-refractivity contribution in [3.8, 4) is 5.75 Å². The van der Waals surface area contributed by atoms with Crippen LogP contribution < -0.4 is 15.0 Å². The highest BCUT2D eigenvalue weighted by Gasteiger charge is 2.25. The molecule has 2 amide bonds. The molecule has 0 spiro atoms. The zero-order valence-electron chi connectivity index (χ0n) is 15.6. The average molecular weight is 388 g/mol. The van der Waals surface area contributed by atoms with Crippen LogP contribution in [-0.4, -0.2) is 55.0 Å². The van der Waals surface area contributed by atoms with E-state index in [1.165, 1.54) is 6.92 Å². The summed E-state index contributed by atoms with van der Waals surface area (Å²) >= 11 is 1.61. The maximum atomic E-state index is 12.8. The van der Waals surface area contributed by atoms with E-state index in [2.05, 4.69) is 15.2 Å². The van der Waals surface area contributed by atoms with Crippen molar-refractivity contribution in [1.29, 1.82) is 0 Å². The summed E-state index contributed by atoms with van der Waals surface area (Å²) in [5.74, 6) is 0.630. The van der Waals surface area contributed by atoms with E-state index in [0.717, 1.165) is 29.5 Å². The topological polar surface area (TPSA) is 74.8 Å². The lowest BCUT2D eigenvalue weighted by Crippen LogP contribution is -2.49. The van der Waals surface area contributed by atoms with Crippen molar-refractivity contribution in [2.75, 3.05) is 38.2 Å². The van der Waals surface area contributed by atoms with Gasteiger partial charge in [-0.25, -0.2) is 4.98 Å². The predicted octanol–water partition coefficient (Wildman–Crippen LogP) is 2.07. The maximum Gasteiger partial charge on any atom is 0.225 e. The van der Waals surface area contributed by atoms with Crippen molar-refractivity contribution in [1.82, 2.24) is 15.2 Å². The summed E-state index contributed by atoms with van der Waals surface area (Å²) in [6.07, 6.45) is 2.04. The molecule has 0 radical (unpaired) electrons. The lowest BCUT2D eigenvalue weighted by Gasteiger charge is -2.35. The van der Waals surface area contributed by atoms with Crippen LogP contribution in [-0.2, 0) is 9.59 Å². The molecule has 3 rings (SSSR count). The van der Waals surface area contributed by atoms with E-state index in [-0.39, 0.29) is 24.3 Å². The minimum atomic E-state index is -0.349. The minimum Gasteiger partial charge on any atom is -0.497 e. The fraction of sp³-hybridized carbons (Fsp3) is 0.421. The number of hydrogen-bond acceptors (Lipinski definition) is 6. The first-order valence-electron chi connectivity index (χ1n) is 8.90. The zero-order chi connectivity index (χ0) is 19.2. The molecular weight excluding hydrogens is 364 g/mol. The molecule has 27 heavy (non-hydrogen) atoms. The van der Waals surface area contributed by atoms with Crippen LogP contribution in [0.3, 0.4) is 0 Å². The Balaban J connectivity index is 1.61. The highest BCUT2D eigenvalue weighted by atomic mass is 32.1. The van der Waals surface area contributed by atoms with Gasteiger partial charge in [-0.2, -0.15) is 0 Å². The highest BCUT2D eigenvalue weighted by molar-refractivity contribution is 7.13. The first-order valence-corrected chi connectivity index (χ1v) is 9.78. The summed E-state index contributed by atoms with van der Waals surface area (Å²) in [7, 11) is 1.61. The molecule has 1 aromatic carbocycles. The molecule has 0 bridgehead atoms. The van der Waals surface area contributed by atoms with E-state index in [1.54, 1.807) is 24.6 Å². The number of anilines is 1. The number of methoxy groups -OCH3 is 1. The van der Waals surface area contributed by atoms with Crippen molar-refractivity contribution < 1.29 is 14.3 Å². The van der Waals surface area contributed by atoms with E-state index in [9.17, 15) is 9.59 Å². The molecule has 144 valence electrons. The van der Waals surface area contributed by atoms with Crippen LogP contribution in [0.4, 0.5) is 5.13 Å². The van der Waals surface area contributed by atoms with E-state index >= 15 is 0 Å². The molecule has 1 aliphatic rings. The SMILES string of the molecule is COc1ccc(C(CC(=O)N2CCN(c3nccs3)CC2)NC(C)=O)cc1. The van der Waals surface area contributed by atoms with Crippen LogP contribution in [0.1, 0.15) is 24.9 Å². The number of ether oxygens (including phenoxy) is 1. The second-order valence-corrected chi connectivity index (χ2v) is 7.29. The van der Waals surface area contributed by atoms with Crippen LogP contribution in [0, 0.1) is 0 Å². The van der Waals surface area contributed by atoms with Gasteiger partial charge in [0, 0.05) is 44.7 Å². The molecule has 1 saturated heterocycles.